The molecule has 0 atom stereocenters. The molecule has 0 radical (unpaired) electrons. The zero-order valence-electron chi connectivity index (χ0n) is 23.1. The van der Waals surface area contributed by atoms with Crippen LogP contribution in [-0.2, 0) is 0 Å². The third-order valence-corrected chi connectivity index (χ3v) is 6.45. The summed E-state index contributed by atoms with van der Waals surface area (Å²) in [5.74, 6) is -1.19. The predicted octanol–water partition coefficient (Wildman–Crippen LogP) is 8.12. The molecular formula is C33H38O7. The molecule has 0 bridgehead atoms. The van der Waals surface area contributed by atoms with Crippen molar-refractivity contribution < 1.29 is 33.7 Å². The third-order valence-electron chi connectivity index (χ3n) is 6.45. The van der Waals surface area contributed by atoms with Crippen molar-refractivity contribution in [3.8, 4) is 17.2 Å². The lowest BCUT2D eigenvalue weighted by Gasteiger charge is -2.08. The number of carbonyl (C=O) groups excluding carboxylic acids is 2. The third kappa shape index (κ3) is 10.6. The highest BCUT2D eigenvalue weighted by atomic mass is 16.5. The Morgan fingerprint density at radius 3 is 1.62 bits per heavy atom. The Hall–Kier alpha value is -4.13. The average Bonchev–Trinajstić information content (AvgIpc) is 2.96. The van der Waals surface area contributed by atoms with Crippen molar-refractivity contribution in [3.05, 3.63) is 89.5 Å². The van der Waals surface area contributed by atoms with E-state index in [0.717, 1.165) is 12.8 Å². The van der Waals surface area contributed by atoms with Crippen molar-refractivity contribution in [2.75, 3.05) is 6.61 Å². The largest absolute Gasteiger partial charge is 0.494 e. The van der Waals surface area contributed by atoms with E-state index in [1.165, 1.54) is 99.9 Å². The first-order chi connectivity index (χ1) is 19.5. The molecule has 0 aliphatic carbocycles. The van der Waals surface area contributed by atoms with E-state index in [0.29, 0.717) is 17.9 Å². The fourth-order valence-electron chi connectivity index (χ4n) is 4.15. The van der Waals surface area contributed by atoms with Gasteiger partial charge in [-0.3, -0.25) is 0 Å². The van der Waals surface area contributed by atoms with Crippen LogP contribution in [0.25, 0.3) is 0 Å². The van der Waals surface area contributed by atoms with Crippen LogP contribution in [0.15, 0.2) is 72.8 Å². The molecule has 0 unspecified atom stereocenters. The molecule has 0 spiro atoms. The zero-order valence-corrected chi connectivity index (χ0v) is 23.1. The van der Waals surface area contributed by atoms with E-state index in [4.69, 9.17) is 19.3 Å². The van der Waals surface area contributed by atoms with Crippen molar-refractivity contribution >= 4 is 17.9 Å². The molecule has 0 aromatic heterocycles. The molecular weight excluding hydrogens is 508 g/mol. The Bertz CT molecular complexity index is 1220. The highest BCUT2D eigenvalue weighted by Crippen LogP contribution is 2.20. The second kappa shape index (κ2) is 16.7. The Morgan fingerprint density at radius 1 is 0.575 bits per heavy atom. The first-order valence-corrected chi connectivity index (χ1v) is 14.1. The molecule has 0 aliphatic rings. The van der Waals surface area contributed by atoms with Gasteiger partial charge in [0.25, 0.3) is 0 Å². The van der Waals surface area contributed by atoms with E-state index in [1.54, 1.807) is 24.3 Å². The van der Waals surface area contributed by atoms with Crippen LogP contribution in [0, 0.1) is 0 Å². The maximum absolute atomic E-state index is 12.5. The van der Waals surface area contributed by atoms with Crippen LogP contribution in [0.5, 0.6) is 17.2 Å². The van der Waals surface area contributed by atoms with Gasteiger partial charge in [0, 0.05) is 0 Å². The molecule has 3 aromatic carbocycles. The number of hydrogen-bond donors (Lipinski definition) is 1. The van der Waals surface area contributed by atoms with Gasteiger partial charge in [0.15, 0.2) is 0 Å². The summed E-state index contributed by atoms with van der Waals surface area (Å²) < 4.78 is 16.5. The van der Waals surface area contributed by atoms with Crippen molar-refractivity contribution in [2.24, 2.45) is 0 Å². The minimum atomic E-state index is -1.12. The number of unbranched alkanes of at least 4 members (excludes halogenated alkanes) is 9. The summed E-state index contributed by atoms with van der Waals surface area (Å²) >= 11 is 0. The number of rotatable bonds is 17. The lowest BCUT2D eigenvalue weighted by molar-refractivity contribution is 0.0686. The summed E-state index contributed by atoms with van der Waals surface area (Å²) in [5, 5.41) is 9.07. The molecule has 0 saturated heterocycles. The van der Waals surface area contributed by atoms with Gasteiger partial charge in [0.05, 0.1) is 23.3 Å². The standard InChI is InChI=1S/C33H38O7/c1-2-3-4-5-6-7-8-9-10-11-23-38-28-19-15-25(16-20-28)32(36)39-29-21-17-26(18-22-29)33(37)40-30-14-12-13-27(24-30)31(34)35/h12-22,24H,2-11,23H2,1H3,(H,34,35). The Labute approximate surface area is 236 Å². The lowest BCUT2D eigenvalue weighted by Crippen LogP contribution is -2.10. The van der Waals surface area contributed by atoms with Gasteiger partial charge in [-0.25, -0.2) is 14.4 Å². The maximum atomic E-state index is 12.5. The van der Waals surface area contributed by atoms with Crippen LogP contribution in [0.4, 0.5) is 0 Å². The summed E-state index contributed by atoms with van der Waals surface area (Å²) in [5.41, 5.74) is 0.624. The van der Waals surface area contributed by atoms with Crippen LogP contribution < -0.4 is 14.2 Å². The molecule has 3 rings (SSSR count). The van der Waals surface area contributed by atoms with E-state index in [1.807, 2.05) is 0 Å². The quantitative estimate of drug-likeness (QED) is 0.104. The number of carbonyl (C=O) groups is 3. The van der Waals surface area contributed by atoms with Crippen LogP contribution in [0.2, 0.25) is 0 Å². The van der Waals surface area contributed by atoms with Crippen LogP contribution >= 0.6 is 0 Å². The Morgan fingerprint density at radius 2 is 1.07 bits per heavy atom. The molecule has 0 saturated carbocycles. The Balaban J connectivity index is 1.36. The van der Waals surface area contributed by atoms with Gasteiger partial charge >= 0.3 is 17.9 Å². The fraction of sp³-hybridized carbons (Fsp3) is 0.364. The van der Waals surface area contributed by atoms with Gasteiger partial charge in [0.2, 0.25) is 0 Å². The summed E-state index contributed by atoms with van der Waals surface area (Å²) in [6, 6.07) is 18.4. The van der Waals surface area contributed by atoms with Gasteiger partial charge in [-0.2, -0.15) is 0 Å². The normalized spacial score (nSPS) is 10.6. The van der Waals surface area contributed by atoms with Crippen molar-refractivity contribution in [2.45, 2.75) is 71.1 Å². The summed E-state index contributed by atoms with van der Waals surface area (Å²) in [4.78, 5) is 36.0. The van der Waals surface area contributed by atoms with Gasteiger partial charge in [-0.15, -0.1) is 0 Å². The van der Waals surface area contributed by atoms with Gasteiger partial charge in [0.1, 0.15) is 17.2 Å². The van der Waals surface area contributed by atoms with Crippen molar-refractivity contribution in [3.63, 3.8) is 0 Å². The van der Waals surface area contributed by atoms with E-state index in [-0.39, 0.29) is 22.6 Å². The summed E-state index contributed by atoms with van der Waals surface area (Å²) in [6.45, 7) is 2.90. The second-order valence-electron chi connectivity index (χ2n) is 9.69. The number of carboxylic acid groups (broad SMARTS) is 1. The molecule has 7 nitrogen and oxygen atoms in total. The molecule has 7 heteroatoms. The first-order valence-electron chi connectivity index (χ1n) is 14.1. The monoisotopic (exact) mass is 546 g/mol. The molecule has 0 aliphatic heterocycles. The van der Waals surface area contributed by atoms with E-state index >= 15 is 0 Å². The molecule has 0 heterocycles. The summed E-state index contributed by atoms with van der Waals surface area (Å²) in [7, 11) is 0. The minimum Gasteiger partial charge on any atom is -0.494 e. The molecule has 212 valence electrons. The number of aromatic carboxylic acids is 1. The van der Waals surface area contributed by atoms with Crippen LogP contribution in [0.1, 0.15) is 102 Å². The Kier molecular flexibility index (Phi) is 12.7. The molecule has 40 heavy (non-hydrogen) atoms. The SMILES string of the molecule is CCCCCCCCCCCCOc1ccc(C(=O)Oc2ccc(C(=O)Oc3cccc(C(=O)O)c3)cc2)cc1. The van der Waals surface area contributed by atoms with E-state index < -0.39 is 17.9 Å². The second-order valence-corrected chi connectivity index (χ2v) is 9.69. The number of hydrogen-bond acceptors (Lipinski definition) is 6. The van der Waals surface area contributed by atoms with Crippen molar-refractivity contribution in [1.82, 2.24) is 0 Å². The molecule has 3 aromatic rings. The lowest BCUT2D eigenvalue weighted by atomic mass is 10.1. The smallest absolute Gasteiger partial charge is 0.343 e. The predicted molar refractivity (Wildman–Crippen MR) is 154 cm³/mol. The molecule has 1 N–H and O–H groups in total. The minimum absolute atomic E-state index is 0.0150. The zero-order chi connectivity index (χ0) is 28.6. The topological polar surface area (TPSA) is 99.1 Å². The van der Waals surface area contributed by atoms with E-state index in [9.17, 15) is 14.4 Å². The van der Waals surface area contributed by atoms with E-state index in [2.05, 4.69) is 6.92 Å². The molecule has 0 amide bonds. The average molecular weight is 547 g/mol. The summed E-state index contributed by atoms with van der Waals surface area (Å²) in [6.07, 6.45) is 12.7. The number of carboxylic acids is 1. The van der Waals surface area contributed by atoms with Crippen molar-refractivity contribution in [1.29, 1.82) is 0 Å². The number of benzene rings is 3. The highest BCUT2D eigenvalue weighted by Gasteiger charge is 2.13. The fourth-order valence-corrected chi connectivity index (χ4v) is 4.15. The van der Waals surface area contributed by atoms with Gasteiger partial charge in [-0.1, -0.05) is 70.8 Å². The van der Waals surface area contributed by atoms with Gasteiger partial charge < -0.3 is 19.3 Å². The van der Waals surface area contributed by atoms with Crippen LogP contribution in [-0.4, -0.2) is 29.6 Å². The number of esters is 2. The van der Waals surface area contributed by atoms with Crippen LogP contribution in [0.3, 0.4) is 0 Å². The van der Waals surface area contributed by atoms with Gasteiger partial charge in [-0.05, 0) is 73.2 Å². The highest BCUT2D eigenvalue weighted by molar-refractivity contribution is 5.93. The first kappa shape index (κ1) is 30.4. The number of ether oxygens (including phenoxy) is 3. The molecule has 0 fully saturated rings. The maximum Gasteiger partial charge on any atom is 0.343 e.